The second-order valence-corrected chi connectivity index (χ2v) is 5.79. The molecule has 1 fully saturated rings. The number of morpholine rings is 1. The van der Waals surface area contributed by atoms with Gasteiger partial charge in [-0.05, 0) is 19.9 Å². The number of thiazole rings is 1. The summed E-state index contributed by atoms with van der Waals surface area (Å²) >= 11 is 1.50. The van der Waals surface area contributed by atoms with Gasteiger partial charge in [0.1, 0.15) is 5.69 Å². The van der Waals surface area contributed by atoms with Gasteiger partial charge in [0.05, 0.1) is 17.2 Å². The largest absolute Gasteiger partial charge is 0.372 e. The predicted molar refractivity (Wildman–Crippen MR) is 75.4 cm³/mol. The van der Waals surface area contributed by atoms with Crippen LogP contribution in [0, 0.1) is 0 Å². The molecule has 106 valence electrons. The highest BCUT2D eigenvalue weighted by Gasteiger charge is 2.28. The van der Waals surface area contributed by atoms with Crippen molar-refractivity contribution in [3.8, 4) is 0 Å². The van der Waals surface area contributed by atoms with Gasteiger partial charge in [-0.3, -0.25) is 4.79 Å². The van der Waals surface area contributed by atoms with Crippen molar-refractivity contribution < 1.29 is 9.53 Å². The molecule has 6 heteroatoms. The molecule has 0 radical (unpaired) electrons. The summed E-state index contributed by atoms with van der Waals surface area (Å²) in [5, 5.41) is 2.76. The van der Waals surface area contributed by atoms with Crippen molar-refractivity contribution in [1.29, 1.82) is 0 Å². The molecule has 1 aromatic heterocycles. The molecule has 1 amide bonds. The Bertz CT molecular complexity index is 435. The monoisotopic (exact) mass is 283 g/mol. The molecule has 19 heavy (non-hydrogen) atoms. The molecule has 0 bridgehead atoms. The van der Waals surface area contributed by atoms with Crippen molar-refractivity contribution in [1.82, 2.24) is 9.88 Å². The van der Waals surface area contributed by atoms with Gasteiger partial charge >= 0.3 is 0 Å². The minimum absolute atomic E-state index is 0.00752. The summed E-state index contributed by atoms with van der Waals surface area (Å²) in [6.45, 7) is 5.94. The van der Waals surface area contributed by atoms with Crippen LogP contribution in [0.5, 0.6) is 0 Å². The van der Waals surface area contributed by atoms with E-state index in [2.05, 4.69) is 11.9 Å². The number of aromatic nitrogens is 1. The van der Waals surface area contributed by atoms with Gasteiger partial charge in [0.25, 0.3) is 5.91 Å². The molecule has 2 unspecified atom stereocenters. The van der Waals surface area contributed by atoms with Gasteiger partial charge in [0.2, 0.25) is 0 Å². The van der Waals surface area contributed by atoms with Crippen LogP contribution in [0.25, 0.3) is 0 Å². The lowest BCUT2D eigenvalue weighted by molar-refractivity contribution is -0.0682. The highest BCUT2D eigenvalue weighted by atomic mass is 32.1. The molecular formula is C13H21N3O2S. The van der Waals surface area contributed by atoms with Crippen LogP contribution in [0.3, 0.4) is 0 Å². The van der Waals surface area contributed by atoms with Crippen LogP contribution >= 0.6 is 11.3 Å². The van der Waals surface area contributed by atoms with E-state index in [9.17, 15) is 4.79 Å². The lowest BCUT2D eigenvalue weighted by Crippen LogP contribution is -2.49. The molecule has 1 aromatic rings. The first-order valence-electron chi connectivity index (χ1n) is 6.73. The third-order valence-electron chi connectivity index (χ3n) is 3.20. The van der Waals surface area contributed by atoms with E-state index in [0.717, 1.165) is 17.8 Å². The molecule has 0 aliphatic carbocycles. The summed E-state index contributed by atoms with van der Waals surface area (Å²) < 4.78 is 5.77. The zero-order valence-corrected chi connectivity index (χ0v) is 12.3. The molecule has 1 aliphatic rings. The van der Waals surface area contributed by atoms with Crippen LogP contribution in [0.1, 0.15) is 35.8 Å². The highest BCUT2D eigenvalue weighted by Crippen LogP contribution is 2.18. The fraction of sp³-hybridized carbons (Fsp3) is 0.692. The van der Waals surface area contributed by atoms with E-state index < -0.39 is 0 Å². The van der Waals surface area contributed by atoms with Crippen LogP contribution in [0.2, 0.25) is 0 Å². The predicted octanol–water partition coefficient (Wildman–Crippen LogP) is 1.28. The molecule has 5 nitrogen and oxygen atoms in total. The maximum absolute atomic E-state index is 12.4. The van der Waals surface area contributed by atoms with Crippen LogP contribution in [0.15, 0.2) is 5.38 Å². The Hall–Kier alpha value is -0.980. The highest BCUT2D eigenvalue weighted by molar-refractivity contribution is 7.09. The second kappa shape index (κ2) is 6.45. The number of hydrogen-bond acceptors (Lipinski definition) is 5. The lowest BCUT2D eigenvalue weighted by atomic mass is 10.1. The zero-order valence-electron chi connectivity index (χ0n) is 11.5. The molecule has 2 rings (SSSR count). The minimum Gasteiger partial charge on any atom is -0.372 e. The molecule has 1 aliphatic heterocycles. The van der Waals surface area contributed by atoms with Gasteiger partial charge in [-0.15, -0.1) is 11.3 Å². The number of ether oxygens (including phenoxy) is 1. The fourth-order valence-electron chi connectivity index (χ4n) is 2.25. The number of carbonyl (C=O) groups is 1. The molecule has 2 N–H and O–H groups in total. The van der Waals surface area contributed by atoms with E-state index in [1.807, 2.05) is 17.2 Å². The smallest absolute Gasteiger partial charge is 0.273 e. The zero-order chi connectivity index (χ0) is 13.8. The van der Waals surface area contributed by atoms with Crippen molar-refractivity contribution in [2.24, 2.45) is 5.73 Å². The van der Waals surface area contributed by atoms with Crippen LogP contribution in [-0.2, 0) is 11.2 Å². The molecule has 0 aromatic carbocycles. The SMILES string of the molecule is CCC1CN(C(=O)c2csc(CCN)n2)CC(C)O1. The standard InChI is InChI=1S/C13H21N3O2S/c1-3-10-7-16(6-9(2)18-10)13(17)11-8-19-12(15-11)4-5-14/h8-10H,3-7,14H2,1-2H3. The second-order valence-electron chi connectivity index (χ2n) is 4.85. The third kappa shape index (κ3) is 3.52. The molecule has 0 saturated carbocycles. The summed E-state index contributed by atoms with van der Waals surface area (Å²) in [5.74, 6) is 0.00752. The van der Waals surface area contributed by atoms with Crippen molar-refractivity contribution in [2.45, 2.75) is 38.9 Å². The van der Waals surface area contributed by atoms with E-state index in [1.165, 1.54) is 11.3 Å². The first kappa shape index (κ1) is 14.4. The Morgan fingerprint density at radius 1 is 1.63 bits per heavy atom. The number of hydrogen-bond donors (Lipinski definition) is 1. The molecule has 2 heterocycles. The van der Waals surface area contributed by atoms with Crippen LogP contribution < -0.4 is 5.73 Å². The number of amides is 1. The summed E-state index contributed by atoms with van der Waals surface area (Å²) in [5.41, 5.74) is 6.04. The Balaban J connectivity index is 2.05. The number of rotatable bonds is 4. The van der Waals surface area contributed by atoms with Gasteiger partial charge < -0.3 is 15.4 Å². The van der Waals surface area contributed by atoms with E-state index in [0.29, 0.717) is 25.3 Å². The van der Waals surface area contributed by atoms with E-state index in [4.69, 9.17) is 10.5 Å². The van der Waals surface area contributed by atoms with Crippen molar-refractivity contribution in [2.75, 3.05) is 19.6 Å². The Labute approximate surface area is 117 Å². The normalized spacial score (nSPS) is 23.6. The van der Waals surface area contributed by atoms with Gasteiger partial charge in [-0.2, -0.15) is 0 Å². The molecule has 1 saturated heterocycles. The van der Waals surface area contributed by atoms with Crippen LogP contribution in [0.4, 0.5) is 0 Å². The van der Waals surface area contributed by atoms with E-state index in [1.54, 1.807) is 0 Å². The number of nitrogens with two attached hydrogens (primary N) is 1. The average Bonchev–Trinajstić information content (AvgIpc) is 2.86. The van der Waals surface area contributed by atoms with E-state index >= 15 is 0 Å². The molecular weight excluding hydrogens is 262 g/mol. The fourth-order valence-corrected chi connectivity index (χ4v) is 3.03. The number of nitrogens with zero attached hydrogens (tertiary/aromatic N) is 2. The van der Waals surface area contributed by atoms with Crippen molar-refractivity contribution in [3.05, 3.63) is 16.1 Å². The minimum atomic E-state index is 0.00752. The van der Waals surface area contributed by atoms with Gasteiger partial charge in [0.15, 0.2) is 0 Å². The van der Waals surface area contributed by atoms with Crippen molar-refractivity contribution in [3.63, 3.8) is 0 Å². The van der Waals surface area contributed by atoms with E-state index in [-0.39, 0.29) is 18.1 Å². The van der Waals surface area contributed by atoms with Crippen molar-refractivity contribution >= 4 is 17.2 Å². The average molecular weight is 283 g/mol. The first-order chi connectivity index (χ1) is 9.13. The summed E-state index contributed by atoms with van der Waals surface area (Å²) in [6, 6.07) is 0. The maximum atomic E-state index is 12.4. The Morgan fingerprint density at radius 2 is 2.42 bits per heavy atom. The number of carbonyl (C=O) groups excluding carboxylic acids is 1. The summed E-state index contributed by atoms with van der Waals surface area (Å²) in [7, 11) is 0. The third-order valence-corrected chi connectivity index (χ3v) is 4.11. The lowest BCUT2D eigenvalue weighted by Gasteiger charge is -2.36. The first-order valence-corrected chi connectivity index (χ1v) is 7.61. The van der Waals surface area contributed by atoms with Crippen LogP contribution in [-0.4, -0.2) is 47.6 Å². The Morgan fingerprint density at radius 3 is 3.11 bits per heavy atom. The van der Waals surface area contributed by atoms with Gasteiger partial charge in [-0.1, -0.05) is 6.92 Å². The van der Waals surface area contributed by atoms with Gasteiger partial charge in [0, 0.05) is 24.9 Å². The summed E-state index contributed by atoms with van der Waals surface area (Å²) in [4.78, 5) is 18.6. The maximum Gasteiger partial charge on any atom is 0.273 e. The van der Waals surface area contributed by atoms with Gasteiger partial charge in [-0.25, -0.2) is 4.98 Å². The molecule has 0 spiro atoms. The topological polar surface area (TPSA) is 68.5 Å². The quantitative estimate of drug-likeness (QED) is 0.904. The summed E-state index contributed by atoms with van der Waals surface area (Å²) in [6.07, 6.45) is 1.87. The molecule has 2 atom stereocenters. The Kier molecular flexibility index (Phi) is 4.90.